The smallest absolute Gasteiger partial charge is 0.251 e. The first-order valence-corrected chi connectivity index (χ1v) is 11.0. The van der Waals surface area contributed by atoms with E-state index in [0.29, 0.717) is 27.7 Å². The molecule has 5 heterocycles. The highest BCUT2D eigenvalue weighted by molar-refractivity contribution is 6.13. The number of aromatic amines is 1. The van der Waals surface area contributed by atoms with E-state index in [1.807, 2.05) is 25.2 Å². The molecule has 34 heavy (non-hydrogen) atoms. The van der Waals surface area contributed by atoms with Crippen LogP contribution in [0.3, 0.4) is 0 Å². The number of nitrogens with one attached hydrogen (secondary N) is 2. The molecule has 1 aromatic carbocycles. The highest BCUT2D eigenvalue weighted by Gasteiger charge is 2.25. The highest BCUT2D eigenvalue weighted by Crippen LogP contribution is 2.36. The van der Waals surface area contributed by atoms with Crippen molar-refractivity contribution in [3.8, 4) is 22.4 Å². The molecule has 168 valence electrons. The fourth-order valence-corrected chi connectivity index (χ4v) is 4.54. The van der Waals surface area contributed by atoms with E-state index in [0.717, 1.165) is 35.2 Å². The zero-order chi connectivity index (χ0) is 23.2. The molecule has 7 nitrogen and oxygen atoms in total. The molecule has 0 bridgehead atoms. The van der Waals surface area contributed by atoms with E-state index in [1.165, 1.54) is 6.20 Å². The van der Waals surface area contributed by atoms with E-state index < -0.39 is 5.82 Å². The first-order chi connectivity index (χ1) is 16.6. The lowest BCUT2D eigenvalue weighted by Crippen LogP contribution is -2.57. The summed E-state index contributed by atoms with van der Waals surface area (Å²) in [6, 6.07) is 12.9. The number of H-pyrrole nitrogens is 1. The normalized spacial score (nSPS) is 14.4. The summed E-state index contributed by atoms with van der Waals surface area (Å²) in [7, 11) is 2.02. The van der Waals surface area contributed by atoms with E-state index >= 15 is 4.39 Å². The summed E-state index contributed by atoms with van der Waals surface area (Å²) < 4.78 is 15.2. The molecule has 0 unspecified atom stereocenters. The summed E-state index contributed by atoms with van der Waals surface area (Å²) in [4.78, 5) is 30.9. The number of nitrogens with zero attached hydrogens (tertiary/aromatic N) is 4. The van der Waals surface area contributed by atoms with Crippen molar-refractivity contribution in [2.24, 2.45) is 0 Å². The van der Waals surface area contributed by atoms with Gasteiger partial charge in [-0.15, -0.1) is 0 Å². The summed E-state index contributed by atoms with van der Waals surface area (Å²) in [5, 5.41) is 4.52. The van der Waals surface area contributed by atoms with Crippen LogP contribution in [0.4, 0.5) is 4.39 Å². The molecule has 1 fully saturated rings. The minimum Gasteiger partial charge on any atom is -0.347 e. The Morgan fingerprint density at radius 1 is 1.09 bits per heavy atom. The molecule has 6 rings (SSSR count). The molecule has 4 aromatic heterocycles. The van der Waals surface area contributed by atoms with Crippen molar-refractivity contribution in [3.05, 3.63) is 78.6 Å². The van der Waals surface area contributed by atoms with Gasteiger partial charge in [0.1, 0.15) is 11.5 Å². The topological polar surface area (TPSA) is 86.8 Å². The number of carbonyl (C=O) groups is 1. The van der Waals surface area contributed by atoms with Gasteiger partial charge in [0.25, 0.3) is 5.91 Å². The van der Waals surface area contributed by atoms with Crippen LogP contribution in [0.1, 0.15) is 10.4 Å². The minimum atomic E-state index is -0.428. The van der Waals surface area contributed by atoms with Crippen LogP contribution in [-0.2, 0) is 0 Å². The van der Waals surface area contributed by atoms with Crippen molar-refractivity contribution in [3.63, 3.8) is 0 Å². The van der Waals surface area contributed by atoms with Gasteiger partial charge in [-0.1, -0.05) is 12.1 Å². The number of benzene rings is 1. The molecule has 2 N–H and O–H groups in total. The van der Waals surface area contributed by atoms with Crippen molar-refractivity contribution in [2.75, 3.05) is 20.1 Å². The number of hydrogen-bond donors (Lipinski definition) is 2. The van der Waals surface area contributed by atoms with Crippen molar-refractivity contribution in [2.45, 2.75) is 6.04 Å². The van der Waals surface area contributed by atoms with Crippen LogP contribution in [0, 0.1) is 5.82 Å². The van der Waals surface area contributed by atoms with Crippen molar-refractivity contribution in [1.29, 1.82) is 0 Å². The second-order valence-electron chi connectivity index (χ2n) is 8.66. The van der Waals surface area contributed by atoms with Gasteiger partial charge < -0.3 is 15.2 Å². The number of likely N-dealkylation sites (N-methyl/N-ethyl adjacent to an activating group) is 1. The predicted octanol–water partition coefficient (Wildman–Crippen LogP) is 4.02. The van der Waals surface area contributed by atoms with Crippen molar-refractivity contribution in [1.82, 2.24) is 30.2 Å². The molecule has 5 aromatic rings. The largest absolute Gasteiger partial charge is 0.347 e. The fourth-order valence-electron chi connectivity index (χ4n) is 4.54. The monoisotopic (exact) mass is 452 g/mol. The van der Waals surface area contributed by atoms with Crippen LogP contribution in [0.5, 0.6) is 0 Å². The van der Waals surface area contributed by atoms with Gasteiger partial charge in [0.15, 0.2) is 0 Å². The van der Waals surface area contributed by atoms with Crippen LogP contribution in [0.2, 0.25) is 0 Å². The van der Waals surface area contributed by atoms with E-state index in [2.05, 4.69) is 30.2 Å². The number of aromatic nitrogens is 4. The second-order valence-corrected chi connectivity index (χ2v) is 8.66. The Balaban J connectivity index is 1.42. The Morgan fingerprint density at radius 2 is 1.91 bits per heavy atom. The minimum absolute atomic E-state index is 0.121. The quantitative estimate of drug-likeness (QED) is 0.430. The number of carbonyl (C=O) groups excluding carboxylic acids is 1. The van der Waals surface area contributed by atoms with Gasteiger partial charge in [-0.3, -0.25) is 14.8 Å². The molecule has 1 saturated heterocycles. The molecule has 0 spiro atoms. The number of rotatable bonds is 4. The van der Waals surface area contributed by atoms with E-state index in [9.17, 15) is 4.79 Å². The fraction of sp³-hybridized carbons (Fsp3) is 0.154. The highest BCUT2D eigenvalue weighted by atomic mass is 19.1. The van der Waals surface area contributed by atoms with Gasteiger partial charge in [-0.25, -0.2) is 9.37 Å². The average molecular weight is 452 g/mol. The molecule has 1 amide bonds. The third-order valence-electron chi connectivity index (χ3n) is 6.25. The number of halogens is 1. The van der Waals surface area contributed by atoms with E-state index in [1.54, 1.807) is 42.9 Å². The predicted molar refractivity (Wildman–Crippen MR) is 129 cm³/mol. The molecule has 8 heteroatoms. The number of amides is 1. The first kappa shape index (κ1) is 20.4. The maximum Gasteiger partial charge on any atom is 0.251 e. The molecule has 1 aliphatic heterocycles. The summed E-state index contributed by atoms with van der Waals surface area (Å²) in [6.45, 7) is 1.70. The first-order valence-electron chi connectivity index (χ1n) is 11.0. The number of fused-ring (bicyclic) bond motifs is 3. The van der Waals surface area contributed by atoms with Gasteiger partial charge in [0.2, 0.25) is 0 Å². The van der Waals surface area contributed by atoms with Gasteiger partial charge in [-0.05, 0) is 42.9 Å². The number of pyridine rings is 3. The SMILES string of the molecule is CN1CC(NC(=O)c2ccc(-c3c(F)cnc4[nH]c5cnc(-c6cccnc6)cc5c34)cc2)C1. The summed E-state index contributed by atoms with van der Waals surface area (Å²) in [5.41, 5.74) is 4.61. The molecule has 1 aliphatic rings. The van der Waals surface area contributed by atoms with Crippen LogP contribution >= 0.6 is 0 Å². The van der Waals surface area contributed by atoms with Crippen molar-refractivity contribution >= 4 is 27.8 Å². The van der Waals surface area contributed by atoms with Crippen LogP contribution in [-0.4, -0.2) is 56.9 Å². The Labute approximate surface area is 194 Å². The van der Waals surface area contributed by atoms with Gasteiger partial charge in [0.05, 0.1) is 29.6 Å². The van der Waals surface area contributed by atoms with Gasteiger partial charge in [0, 0.05) is 52.9 Å². The third-order valence-corrected chi connectivity index (χ3v) is 6.25. The Kier molecular flexibility index (Phi) is 4.81. The lowest BCUT2D eigenvalue weighted by molar-refractivity contribution is 0.0858. The lowest BCUT2D eigenvalue weighted by atomic mass is 9.99. The van der Waals surface area contributed by atoms with Crippen LogP contribution < -0.4 is 5.32 Å². The standard InChI is InChI=1S/C26H21FN6O/c1-33-13-18(14-33)31-26(34)16-6-4-15(5-7-16)23-20(27)11-30-25-24(23)19-9-21(29-12-22(19)32-25)17-3-2-8-28-10-17/h2-12,18H,13-14H2,1H3,(H,30,32)(H,31,34). The molecule has 0 radical (unpaired) electrons. The molecule has 0 aliphatic carbocycles. The van der Waals surface area contributed by atoms with E-state index in [4.69, 9.17) is 0 Å². The maximum atomic E-state index is 15.2. The molecule has 0 saturated carbocycles. The third kappa shape index (κ3) is 3.48. The zero-order valence-electron chi connectivity index (χ0n) is 18.4. The average Bonchev–Trinajstić information content (AvgIpc) is 3.21. The Bertz CT molecular complexity index is 1520. The molecular weight excluding hydrogens is 431 g/mol. The Hall–Kier alpha value is -4.17. The van der Waals surface area contributed by atoms with Crippen LogP contribution in [0.15, 0.2) is 67.3 Å². The van der Waals surface area contributed by atoms with Gasteiger partial charge >= 0.3 is 0 Å². The maximum absolute atomic E-state index is 15.2. The molecule has 0 atom stereocenters. The summed E-state index contributed by atoms with van der Waals surface area (Å²) in [6.07, 6.45) is 6.40. The van der Waals surface area contributed by atoms with Crippen molar-refractivity contribution < 1.29 is 9.18 Å². The second kappa shape index (κ2) is 8.00. The summed E-state index contributed by atoms with van der Waals surface area (Å²) in [5.74, 6) is -0.549. The lowest BCUT2D eigenvalue weighted by Gasteiger charge is -2.36. The summed E-state index contributed by atoms with van der Waals surface area (Å²) >= 11 is 0. The number of likely N-dealkylation sites (tertiary alicyclic amines) is 1. The molecular formula is C26H21FN6O. The Morgan fingerprint density at radius 3 is 2.65 bits per heavy atom. The zero-order valence-corrected chi connectivity index (χ0v) is 18.4. The van der Waals surface area contributed by atoms with Crippen LogP contribution in [0.25, 0.3) is 44.3 Å². The van der Waals surface area contributed by atoms with Gasteiger partial charge in [-0.2, -0.15) is 0 Å². The van der Waals surface area contributed by atoms with E-state index in [-0.39, 0.29) is 11.9 Å². The number of hydrogen-bond acceptors (Lipinski definition) is 5.